The summed E-state index contributed by atoms with van der Waals surface area (Å²) >= 11 is 0. The summed E-state index contributed by atoms with van der Waals surface area (Å²) in [5.74, 6) is 0.677. The third-order valence-corrected chi connectivity index (χ3v) is 4.77. The summed E-state index contributed by atoms with van der Waals surface area (Å²) in [4.78, 5) is 11.8. The molecule has 0 saturated heterocycles. The van der Waals surface area contributed by atoms with E-state index in [1.807, 2.05) is 24.5 Å². The Bertz CT molecular complexity index is 842. The molecule has 2 N–H and O–H groups in total. The molecule has 32 heavy (non-hydrogen) atoms. The van der Waals surface area contributed by atoms with Gasteiger partial charge in [-0.2, -0.15) is 0 Å². The molecule has 0 aliphatic heterocycles. The van der Waals surface area contributed by atoms with Crippen molar-refractivity contribution in [1.82, 2.24) is 0 Å². The van der Waals surface area contributed by atoms with Crippen LogP contribution < -0.4 is 5.32 Å². The van der Waals surface area contributed by atoms with E-state index in [-0.39, 0.29) is 0 Å². The molecule has 1 atom stereocenters. The maximum absolute atomic E-state index is 11.8. The molecule has 0 spiro atoms. The van der Waals surface area contributed by atoms with Crippen LogP contribution in [0.15, 0.2) is 42.5 Å². The fourth-order valence-electron chi connectivity index (χ4n) is 3.35. The molecule has 2 rings (SSSR count). The molecule has 0 saturated carbocycles. The van der Waals surface area contributed by atoms with Crippen LogP contribution >= 0.6 is 0 Å². The van der Waals surface area contributed by atoms with E-state index in [1.54, 1.807) is 13.0 Å². The van der Waals surface area contributed by atoms with Gasteiger partial charge in [0, 0.05) is 10.5 Å². The van der Waals surface area contributed by atoms with E-state index in [0.29, 0.717) is 24.0 Å². The van der Waals surface area contributed by atoms with Gasteiger partial charge in [-0.3, -0.25) is 0 Å². The molecule has 9 heteroatoms. The predicted octanol–water partition coefficient (Wildman–Crippen LogP) is 6.31. The van der Waals surface area contributed by atoms with Crippen molar-refractivity contribution in [2.75, 3.05) is 18.5 Å². The molecule has 0 radical (unpaired) electrons. The Morgan fingerprint density at radius 3 is 1.91 bits per heavy atom. The first kappa shape index (κ1) is 27.6. The number of hydrogen-bond acceptors (Lipinski definition) is 4. The molecule has 0 heterocycles. The maximum Gasteiger partial charge on any atom is 0.673 e. The molecule has 0 aliphatic rings. The van der Waals surface area contributed by atoms with Crippen LogP contribution in [-0.4, -0.2) is 31.9 Å². The van der Waals surface area contributed by atoms with Crippen molar-refractivity contribution in [2.45, 2.75) is 52.1 Å². The molecule has 2 aromatic rings. The van der Waals surface area contributed by atoms with Crippen LogP contribution in [0.2, 0.25) is 0 Å². The molecular weight excluding hydrogens is 425 g/mol. The Morgan fingerprint density at radius 2 is 1.50 bits per heavy atom. The summed E-state index contributed by atoms with van der Waals surface area (Å²) < 4.78 is 44.6. The van der Waals surface area contributed by atoms with Crippen molar-refractivity contribution < 1.29 is 31.9 Å². The highest BCUT2D eigenvalue weighted by Crippen LogP contribution is 2.38. The molecule has 0 aromatic heterocycles. The lowest BCUT2D eigenvalue weighted by atomic mass is 9.91. The lowest BCUT2D eigenvalue weighted by molar-refractivity contribution is -0.0291. The predicted molar refractivity (Wildman–Crippen MR) is 121 cm³/mol. The number of hydrogen-bond donors (Lipinski definition) is 2. The van der Waals surface area contributed by atoms with Crippen LogP contribution in [0.25, 0.3) is 0 Å². The smallest absolute Gasteiger partial charge is 0.418 e. The van der Waals surface area contributed by atoms with E-state index in [0.717, 1.165) is 11.4 Å². The summed E-state index contributed by atoms with van der Waals surface area (Å²) in [5, 5.41) is 13.5. The number of para-hydroxylation sites is 2. The summed E-state index contributed by atoms with van der Waals surface area (Å²) in [5.41, 5.74) is 3.28. The fraction of sp³-hybridized carbons (Fsp3) is 0.435. The highest BCUT2D eigenvalue weighted by Gasteiger charge is 2.49. The highest BCUT2D eigenvalue weighted by atomic mass is 19.5. The van der Waals surface area contributed by atoms with Gasteiger partial charge >= 0.3 is 19.1 Å². The van der Waals surface area contributed by atoms with Gasteiger partial charge in [0.15, 0.2) is 0 Å². The zero-order chi connectivity index (χ0) is 24.5. The summed E-state index contributed by atoms with van der Waals surface area (Å²) in [6.07, 6.45) is 1.92. The van der Waals surface area contributed by atoms with Gasteiger partial charge in [-0.15, -0.1) is 0 Å². The van der Waals surface area contributed by atoms with Crippen LogP contribution in [0.1, 0.15) is 63.1 Å². The Morgan fingerprint density at radius 1 is 1.00 bits per heavy atom. The lowest BCUT2D eigenvalue weighted by Gasteiger charge is -2.24. The van der Waals surface area contributed by atoms with Crippen molar-refractivity contribution in [3.8, 4) is 0 Å². The normalized spacial score (nSPS) is 13.2. The SMILES string of the molecule is CCOC([C+]=O)(CO)c1ccccc1Nc1c(C(C)C)cccc1C(C)C.F[B-](F)(F)F. The summed E-state index contributed by atoms with van der Waals surface area (Å²) in [6, 6.07) is 13.8. The highest BCUT2D eigenvalue weighted by molar-refractivity contribution is 6.50. The third kappa shape index (κ3) is 7.59. The molecule has 0 bridgehead atoms. The minimum absolute atomic E-state index is 0.296. The number of aliphatic hydroxyl groups excluding tert-OH is 1. The van der Waals surface area contributed by atoms with Crippen LogP contribution in [0.5, 0.6) is 0 Å². The summed E-state index contributed by atoms with van der Waals surface area (Å²) in [7, 11) is -6.00. The zero-order valence-corrected chi connectivity index (χ0v) is 19.0. The molecule has 4 nitrogen and oxygen atoms in total. The van der Waals surface area contributed by atoms with Crippen molar-refractivity contribution >= 4 is 24.9 Å². The van der Waals surface area contributed by atoms with E-state index in [9.17, 15) is 27.2 Å². The van der Waals surface area contributed by atoms with E-state index >= 15 is 0 Å². The van der Waals surface area contributed by atoms with E-state index in [4.69, 9.17) is 4.74 Å². The number of anilines is 2. The minimum Gasteiger partial charge on any atom is -0.418 e. The minimum atomic E-state index is -6.00. The van der Waals surface area contributed by atoms with Gasteiger partial charge in [0.25, 0.3) is 0 Å². The first-order valence-electron chi connectivity index (χ1n) is 10.4. The fourth-order valence-corrected chi connectivity index (χ4v) is 3.35. The second kappa shape index (κ2) is 12.0. The van der Waals surface area contributed by atoms with Gasteiger partial charge in [-0.05, 0) is 42.0 Å². The molecule has 0 fully saturated rings. The standard InChI is InChI=1S/C23H30NO3.BF4/c1-6-27-23(14-25,15-26)20-12-7-8-13-21(20)24-22-18(16(2)3)10-9-11-19(22)17(4)5;2-1(3,4)5/h7-13,16-17,24-25H,6,14H2,1-5H3;/q+1;-1. The van der Waals surface area contributed by atoms with Crippen molar-refractivity contribution in [3.63, 3.8) is 0 Å². The maximum atomic E-state index is 11.8. The van der Waals surface area contributed by atoms with Gasteiger partial charge < -0.3 is 32.4 Å². The Balaban J connectivity index is 0.000000920. The first-order valence-corrected chi connectivity index (χ1v) is 10.4. The van der Waals surface area contributed by atoms with Gasteiger partial charge in [0.1, 0.15) is 6.61 Å². The average Bonchev–Trinajstić information content (AvgIpc) is 2.71. The number of nitrogens with one attached hydrogen (secondary N) is 1. The topological polar surface area (TPSA) is 58.6 Å². The number of halogens is 4. The van der Waals surface area contributed by atoms with Crippen LogP contribution in [0, 0.1) is 0 Å². The molecule has 1 unspecified atom stereocenters. The number of aliphatic hydroxyl groups is 1. The molecule has 0 amide bonds. The Hall–Kier alpha value is -2.48. The second-order valence-corrected chi connectivity index (χ2v) is 7.81. The quantitative estimate of drug-likeness (QED) is 0.264. The first-order chi connectivity index (χ1) is 14.9. The van der Waals surface area contributed by atoms with Crippen LogP contribution in [0.4, 0.5) is 28.6 Å². The molecule has 0 aliphatic carbocycles. The number of benzene rings is 2. The third-order valence-electron chi connectivity index (χ3n) is 4.77. The van der Waals surface area contributed by atoms with Crippen LogP contribution in [0.3, 0.4) is 0 Å². The van der Waals surface area contributed by atoms with E-state index < -0.39 is 19.5 Å². The van der Waals surface area contributed by atoms with Gasteiger partial charge in [0.2, 0.25) is 0 Å². The van der Waals surface area contributed by atoms with Crippen molar-refractivity contribution in [1.29, 1.82) is 0 Å². The van der Waals surface area contributed by atoms with Gasteiger partial charge in [0.05, 0.1) is 17.9 Å². The van der Waals surface area contributed by atoms with E-state index in [2.05, 4.69) is 51.2 Å². The number of carbonyl (C=O) groups excluding carboxylic acids is 1. The lowest BCUT2D eigenvalue weighted by Crippen LogP contribution is -2.36. The number of ether oxygens (including phenoxy) is 1. The van der Waals surface area contributed by atoms with Crippen LogP contribution in [-0.2, 0) is 15.1 Å². The monoisotopic (exact) mass is 455 g/mol. The molecule has 2 aromatic carbocycles. The summed E-state index contributed by atoms with van der Waals surface area (Å²) in [6.45, 7) is 10.3. The van der Waals surface area contributed by atoms with E-state index in [1.165, 1.54) is 11.1 Å². The Kier molecular flexibility index (Phi) is 10.3. The molecule has 176 valence electrons. The molecular formula is C23H30BF4NO3. The van der Waals surface area contributed by atoms with Gasteiger partial charge in [-0.25, -0.2) is 0 Å². The largest absolute Gasteiger partial charge is 0.673 e. The average molecular weight is 455 g/mol. The van der Waals surface area contributed by atoms with Crippen molar-refractivity contribution in [3.05, 3.63) is 59.2 Å². The second-order valence-electron chi connectivity index (χ2n) is 7.81. The van der Waals surface area contributed by atoms with Gasteiger partial charge in [-0.1, -0.05) is 58.0 Å². The Labute approximate surface area is 187 Å². The zero-order valence-electron chi connectivity index (χ0n) is 19.0. The van der Waals surface area contributed by atoms with Crippen molar-refractivity contribution in [2.24, 2.45) is 0 Å². The number of rotatable bonds is 9.